The summed E-state index contributed by atoms with van der Waals surface area (Å²) in [5.74, 6) is 6.43. The van der Waals surface area contributed by atoms with E-state index in [1.54, 1.807) is 30.3 Å². The second kappa shape index (κ2) is 13.1. The van der Waals surface area contributed by atoms with E-state index in [1.807, 2.05) is 31.9 Å². The molecule has 4 rings (SSSR count). The Bertz CT molecular complexity index is 1470. The Morgan fingerprint density at radius 2 is 1.93 bits per heavy atom. The molecule has 41 heavy (non-hydrogen) atoms. The van der Waals surface area contributed by atoms with E-state index in [0.29, 0.717) is 57.4 Å². The normalized spacial score (nSPS) is 18.1. The second-order valence-corrected chi connectivity index (χ2v) is 14.8. The summed E-state index contributed by atoms with van der Waals surface area (Å²) in [5, 5.41) is 7.65. The van der Waals surface area contributed by atoms with Crippen molar-refractivity contribution in [2.45, 2.75) is 45.1 Å². The predicted molar refractivity (Wildman–Crippen MR) is 163 cm³/mol. The lowest BCUT2D eigenvalue weighted by Gasteiger charge is -2.33. The number of methoxy groups -OCH3 is 1. The maximum atomic E-state index is 14.7. The summed E-state index contributed by atoms with van der Waals surface area (Å²) in [5.41, 5.74) is 1.41. The molecule has 1 aliphatic heterocycles. The van der Waals surface area contributed by atoms with E-state index in [0.717, 1.165) is 11.8 Å². The average Bonchev–Trinajstić information content (AvgIpc) is 3.28. The number of likely N-dealkylation sites (tertiary alicyclic amines) is 1. The number of rotatable bonds is 9. The number of thiophene rings is 1. The van der Waals surface area contributed by atoms with E-state index < -0.39 is 32.0 Å². The average molecular weight is 610 g/mol. The lowest BCUT2D eigenvalue weighted by molar-refractivity contribution is -0.126. The first-order chi connectivity index (χ1) is 19.5. The van der Waals surface area contributed by atoms with Crippen LogP contribution in [-0.2, 0) is 11.0 Å². The number of nitrogens with zero attached hydrogens (tertiary/aromatic N) is 1. The molecule has 0 spiro atoms. The van der Waals surface area contributed by atoms with Crippen molar-refractivity contribution in [3.63, 3.8) is 0 Å². The molecule has 1 saturated heterocycles. The Labute approximate surface area is 243 Å². The van der Waals surface area contributed by atoms with Gasteiger partial charge in [0.1, 0.15) is 19.1 Å². The maximum Gasteiger partial charge on any atom is 0.393 e. The predicted octanol–water partition coefficient (Wildman–Crippen LogP) is 6.96. The molecule has 2 aromatic carbocycles. The fourth-order valence-electron chi connectivity index (χ4n) is 5.11. The molecule has 3 aromatic rings. The van der Waals surface area contributed by atoms with Gasteiger partial charge in [-0.2, -0.15) is 13.2 Å². The van der Waals surface area contributed by atoms with Gasteiger partial charge < -0.3 is 24.8 Å². The number of alkyl halides is 4. The largest absolute Gasteiger partial charge is 0.495 e. The summed E-state index contributed by atoms with van der Waals surface area (Å²) in [4.78, 5) is 2.26. The molecule has 1 fully saturated rings. The zero-order valence-corrected chi connectivity index (χ0v) is 25.4. The summed E-state index contributed by atoms with van der Waals surface area (Å²) < 4.78 is 74.7. The Kier molecular flexibility index (Phi) is 9.94. The number of piperidine rings is 1. The zero-order valence-electron chi connectivity index (χ0n) is 23.7. The Morgan fingerprint density at radius 3 is 2.59 bits per heavy atom. The van der Waals surface area contributed by atoms with Gasteiger partial charge in [0.2, 0.25) is 0 Å². The molecular formula is C30H36F4N3O2PS. The first kappa shape index (κ1) is 31.2. The van der Waals surface area contributed by atoms with Crippen LogP contribution in [-0.4, -0.2) is 69.4 Å². The van der Waals surface area contributed by atoms with Crippen molar-refractivity contribution >= 4 is 45.2 Å². The van der Waals surface area contributed by atoms with Gasteiger partial charge in [-0.25, -0.2) is 4.39 Å². The quantitative estimate of drug-likeness (QED) is 0.156. The molecule has 0 radical (unpaired) electrons. The molecule has 0 saturated carbocycles. The van der Waals surface area contributed by atoms with Crippen LogP contribution in [0.5, 0.6) is 5.75 Å². The van der Waals surface area contributed by atoms with Gasteiger partial charge in [-0.15, -0.1) is 11.3 Å². The van der Waals surface area contributed by atoms with E-state index >= 15 is 0 Å². The van der Waals surface area contributed by atoms with Gasteiger partial charge in [0.05, 0.1) is 47.1 Å². The van der Waals surface area contributed by atoms with Crippen LogP contribution in [0.1, 0.15) is 30.7 Å². The van der Waals surface area contributed by atoms with Gasteiger partial charge in [-0.3, -0.25) is 0 Å². The Morgan fingerprint density at radius 1 is 1.17 bits per heavy atom. The van der Waals surface area contributed by atoms with Crippen molar-refractivity contribution in [3.05, 3.63) is 46.8 Å². The zero-order chi connectivity index (χ0) is 29.8. The number of halogens is 4. The fourth-order valence-corrected chi connectivity index (χ4v) is 8.16. The summed E-state index contributed by atoms with van der Waals surface area (Å²) in [6, 6.07) is 10.1. The molecule has 11 heteroatoms. The number of nitrogens with one attached hydrogen (secondary N) is 2. The number of ether oxygens (including phenoxy) is 1. The molecule has 5 nitrogen and oxygen atoms in total. The second-order valence-electron chi connectivity index (χ2n) is 10.3. The third-order valence-corrected chi connectivity index (χ3v) is 12.0. The van der Waals surface area contributed by atoms with Crippen molar-refractivity contribution in [3.8, 4) is 17.6 Å². The highest BCUT2D eigenvalue weighted by Crippen LogP contribution is 2.45. The first-order valence-electron chi connectivity index (χ1n) is 13.7. The van der Waals surface area contributed by atoms with Crippen LogP contribution >= 0.6 is 18.5 Å². The highest BCUT2D eigenvalue weighted by atomic mass is 32.1. The van der Waals surface area contributed by atoms with E-state index in [9.17, 15) is 22.1 Å². The summed E-state index contributed by atoms with van der Waals surface area (Å²) in [7, 11) is 0.919. The number of benzene rings is 2. The number of hydrogen-bond acceptors (Lipinski definition) is 6. The molecule has 222 valence electrons. The van der Waals surface area contributed by atoms with E-state index in [-0.39, 0.29) is 12.1 Å². The molecule has 0 aliphatic carbocycles. The van der Waals surface area contributed by atoms with Crippen LogP contribution in [0.3, 0.4) is 0 Å². The van der Waals surface area contributed by atoms with Crippen molar-refractivity contribution in [1.29, 1.82) is 0 Å². The van der Waals surface area contributed by atoms with Gasteiger partial charge >= 0.3 is 6.18 Å². The van der Waals surface area contributed by atoms with Crippen molar-refractivity contribution in [2.75, 3.05) is 56.7 Å². The van der Waals surface area contributed by atoms with Crippen LogP contribution in [0.15, 0.2) is 36.4 Å². The SMILES string of the molecule is CCP(=O)(CC)c1ccc(NCC#Cc2sc3c(NC4CCN(C)CC4F)cccc3c2CC(F)(F)F)c(OC)c1. The van der Waals surface area contributed by atoms with Crippen LogP contribution in [0.4, 0.5) is 28.9 Å². The summed E-state index contributed by atoms with van der Waals surface area (Å²) >= 11 is 1.19. The molecule has 0 amide bonds. The van der Waals surface area contributed by atoms with Crippen molar-refractivity contribution in [2.24, 2.45) is 0 Å². The van der Waals surface area contributed by atoms with Gasteiger partial charge in [-0.05, 0) is 48.7 Å². The van der Waals surface area contributed by atoms with E-state index in [2.05, 4.69) is 22.5 Å². The summed E-state index contributed by atoms with van der Waals surface area (Å²) in [6.07, 6.45) is -4.86. The topological polar surface area (TPSA) is 53.6 Å². The number of hydrogen-bond donors (Lipinski definition) is 2. The highest BCUT2D eigenvalue weighted by molar-refractivity contribution is 7.71. The molecule has 2 heterocycles. The van der Waals surface area contributed by atoms with E-state index in [1.165, 1.54) is 18.4 Å². The summed E-state index contributed by atoms with van der Waals surface area (Å²) in [6.45, 7) is 5.03. The molecule has 2 unspecified atom stereocenters. The lowest BCUT2D eigenvalue weighted by atomic mass is 10.0. The maximum absolute atomic E-state index is 14.7. The minimum atomic E-state index is -4.41. The monoisotopic (exact) mass is 609 g/mol. The van der Waals surface area contributed by atoms with Crippen LogP contribution in [0.25, 0.3) is 10.1 Å². The van der Waals surface area contributed by atoms with E-state index in [4.69, 9.17) is 4.74 Å². The number of anilines is 2. The third-order valence-electron chi connectivity index (χ3n) is 7.53. The Hall–Kier alpha value is -2.73. The van der Waals surface area contributed by atoms with Crippen LogP contribution in [0.2, 0.25) is 0 Å². The van der Waals surface area contributed by atoms with Gasteiger partial charge in [0.15, 0.2) is 0 Å². The standard InChI is InChI=1S/C30H36F4N3O2PS/c1-5-40(38,6-2)20-12-13-25(27(17-20)39-4)35-15-8-11-28-22(18-30(32,33)34)21-9-7-10-26(29(21)41-28)36-24-14-16-37(3)19-23(24)31/h7,9-10,12-13,17,23-24,35-36H,5-6,14-16,18-19H2,1-4H3. The minimum absolute atomic E-state index is 0.130. The molecule has 2 N–H and O–H groups in total. The van der Waals surface area contributed by atoms with Gasteiger partial charge in [-0.1, -0.05) is 37.8 Å². The van der Waals surface area contributed by atoms with Crippen LogP contribution in [0, 0.1) is 11.8 Å². The third kappa shape index (κ3) is 7.38. The van der Waals surface area contributed by atoms with Gasteiger partial charge in [0.25, 0.3) is 0 Å². The van der Waals surface area contributed by atoms with Crippen molar-refractivity contribution < 1.29 is 26.9 Å². The van der Waals surface area contributed by atoms with Crippen molar-refractivity contribution in [1.82, 2.24) is 4.90 Å². The Balaban J connectivity index is 1.59. The minimum Gasteiger partial charge on any atom is -0.495 e. The van der Waals surface area contributed by atoms with Crippen LogP contribution < -0.4 is 20.7 Å². The first-order valence-corrected chi connectivity index (χ1v) is 16.6. The number of fused-ring (bicyclic) bond motifs is 1. The highest BCUT2D eigenvalue weighted by Gasteiger charge is 2.32. The molecule has 1 aromatic heterocycles. The van der Waals surface area contributed by atoms with Gasteiger partial charge in [0, 0.05) is 30.7 Å². The smallest absolute Gasteiger partial charge is 0.393 e. The lowest BCUT2D eigenvalue weighted by Crippen LogP contribution is -2.46. The molecule has 1 aliphatic rings. The fraction of sp³-hybridized carbons (Fsp3) is 0.467. The molecule has 2 atom stereocenters. The molecule has 0 bridgehead atoms. The molecular weight excluding hydrogens is 573 g/mol.